The standard InChI is InChI=1S/C45H71N5O10/c1-28(34-9-10-35-43-36(23-38(53)45(34,35)3)44(2)13-12-33(51)21-30(44)22-37(43)52)4-11-39(54)47-31-7-5-29(6-8-31)20-32(46-24-40(55)56)25-48-14-16-49(26-41(57)58)18-19-50(17-15-48)27-42(59)60/h5-8,28,30,32-38,43,46,51-53H,4,9-27H2,1-3H3,(H,47,54)(H,55,56)(H,57,58)(H,59,60)/t28?,30?,32?,33-,34-,35?,36?,37-,38+,43?,44+,45-/m1/s1. The Labute approximate surface area is 354 Å². The van der Waals surface area contributed by atoms with Crippen LogP contribution in [-0.4, -0.2) is 159 Å². The fourth-order valence-electron chi connectivity index (χ4n) is 12.7. The van der Waals surface area contributed by atoms with Crippen LogP contribution >= 0.6 is 0 Å². The van der Waals surface area contributed by atoms with E-state index in [1.807, 2.05) is 24.3 Å². The number of aliphatic carboxylic acids is 3. The number of aliphatic hydroxyl groups excluding tert-OH is 3. The van der Waals surface area contributed by atoms with Gasteiger partial charge in [0.15, 0.2) is 0 Å². The number of carboxylic acid groups (broad SMARTS) is 3. The Bertz CT molecular complexity index is 1620. The summed E-state index contributed by atoms with van der Waals surface area (Å²) >= 11 is 0. The summed E-state index contributed by atoms with van der Waals surface area (Å²) in [5, 5.41) is 68.5. The fourth-order valence-corrected chi connectivity index (χ4v) is 12.7. The second kappa shape index (κ2) is 19.9. The fraction of sp³-hybridized carbons (Fsp3) is 0.778. The lowest BCUT2D eigenvalue weighted by Gasteiger charge is -2.63. The van der Waals surface area contributed by atoms with Gasteiger partial charge in [0, 0.05) is 64.0 Å². The third kappa shape index (κ3) is 10.9. The molecule has 6 unspecified atom stereocenters. The summed E-state index contributed by atoms with van der Waals surface area (Å²) in [5.41, 5.74) is 1.31. The van der Waals surface area contributed by atoms with Crippen LogP contribution in [0, 0.1) is 46.3 Å². The number of amides is 1. The number of rotatable bonds is 16. The molecule has 4 aliphatic carbocycles. The highest BCUT2D eigenvalue weighted by atomic mass is 16.4. The minimum absolute atomic E-state index is 0.0274. The van der Waals surface area contributed by atoms with Crippen LogP contribution in [0.3, 0.4) is 0 Å². The summed E-state index contributed by atoms with van der Waals surface area (Å²) in [6.07, 6.45) is 6.19. The van der Waals surface area contributed by atoms with Crippen molar-refractivity contribution >= 4 is 29.5 Å². The van der Waals surface area contributed by atoms with Crippen LogP contribution in [-0.2, 0) is 25.6 Å². The second-order valence-electron chi connectivity index (χ2n) is 19.6. The van der Waals surface area contributed by atoms with Gasteiger partial charge in [-0.05, 0) is 122 Å². The predicted octanol–water partition coefficient (Wildman–Crippen LogP) is 2.68. The van der Waals surface area contributed by atoms with Crippen LogP contribution in [0.1, 0.15) is 84.1 Å². The number of hydrogen-bond acceptors (Lipinski definition) is 11. The van der Waals surface area contributed by atoms with E-state index in [-0.39, 0.29) is 84.0 Å². The van der Waals surface area contributed by atoms with E-state index in [4.69, 9.17) is 0 Å². The molecule has 5 fully saturated rings. The van der Waals surface area contributed by atoms with Crippen LogP contribution in [0.25, 0.3) is 0 Å². The van der Waals surface area contributed by atoms with Crippen LogP contribution in [0.5, 0.6) is 0 Å². The normalized spacial score (nSPS) is 35.1. The Morgan fingerprint density at radius 2 is 1.40 bits per heavy atom. The lowest BCUT2D eigenvalue weighted by molar-refractivity contribution is -0.207. The van der Waals surface area contributed by atoms with Gasteiger partial charge < -0.3 is 41.3 Å². The lowest BCUT2D eigenvalue weighted by Crippen LogP contribution is -2.62. The van der Waals surface area contributed by atoms with Crippen molar-refractivity contribution in [1.29, 1.82) is 0 Å². The maximum absolute atomic E-state index is 13.3. The molecule has 1 amide bonds. The molecule has 15 heteroatoms. The highest BCUT2D eigenvalue weighted by Crippen LogP contribution is 2.68. The van der Waals surface area contributed by atoms with E-state index in [1.54, 1.807) is 9.80 Å². The van der Waals surface area contributed by atoms with Gasteiger partial charge in [0.25, 0.3) is 0 Å². The molecule has 6 rings (SSSR count). The Kier molecular flexibility index (Phi) is 15.4. The summed E-state index contributed by atoms with van der Waals surface area (Å²) in [5.74, 6) is -1.61. The number of aliphatic hydroxyl groups is 3. The largest absolute Gasteiger partial charge is 0.480 e. The summed E-state index contributed by atoms with van der Waals surface area (Å²) in [6.45, 7) is 9.63. The zero-order valence-electron chi connectivity index (χ0n) is 35.9. The molecule has 15 nitrogen and oxygen atoms in total. The molecular weight excluding hydrogens is 771 g/mol. The SMILES string of the molecule is CC(CCC(=O)Nc1ccc(CC(CN2CCN(CC(=O)O)CCN(CC(=O)O)CC2)NCC(=O)O)cc1)[C@H]1CCC2C3C(C[C@H](O)[C@@]21C)[C@@]1(C)CC[C@@H](O)CC1C[C@H]3O. The Balaban J connectivity index is 1.02. The van der Waals surface area contributed by atoms with Crippen molar-refractivity contribution in [1.82, 2.24) is 20.0 Å². The van der Waals surface area contributed by atoms with E-state index >= 15 is 0 Å². The third-order valence-corrected chi connectivity index (χ3v) is 16.0. The number of carboxylic acids is 3. The van der Waals surface area contributed by atoms with Crippen molar-refractivity contribution in [2.24, 2.45) is 46.3 Å². The number of anilines is 1. The topological polar surface area (TPSA) is 223 Å². The molecule has 0 radical (unpaired) electrons. The maximum atomic E-state index is 13.3. The second-order valence-corrected chi connectivity index (χ2v) is 19.6. The molecule has 1 saturated heterocycles. The van der Waals surface area contributed by atoms with Crippen LogP contribution in [0.15, 0.2) is 24.3 Å². The molecule has 8 N–H and O–H groups in total. The maximum Gasteiger partial charge on any atom is 0.317 e. The molecule has 1 aliphatic heterocycles. The smallest absolute Gasteiger partial charge is 0.317 e. The minimum atomic E-state index is -0.987. The van der Waals surface area contributed by atoms with E-state index in [0.717, 1.165) is 44.1 Å². The van der Waals surface area contributed by atoms with Gasteiger partial charge in [-0.2, -0.15) is 0 Å². The summed E-state index contributed by atoms with van der Waals surface area (Å²) in [7, 11) is 0. The number of carbonyl (C=O) groups is 4. The molecule has 60 heavy (non-hydrogen) atoms. The quantitative estimate of drug-likeness (QED) is 0.120. The zero-order chi connectivity index (χ0) is 43.4. The van der Waals surface area contributed by atoms with Crippen LogP contribution in [0.4, 0.5) is 5.69 Å². The number of hydrogen-bond donors (Lipinski definition) is 8. The predicted molar refractivity (Wildman–Crippen MR) is 225 cm³/mol. The zero-order valence-corrected chi connectivity index (χ0v) is 35.9. The van der Waals surface area contributed by atoms with Gasteiger partial charge in [-0.15, -0.1) is 0 Å². The monoisotopic (exact) mass is 842 g/mol. The first-order valence-electron chi connectivity index (χ1n) is 22.4. The molecule has 0 spiro atoms. The molecule has 4 saturated carbocycles. The molecule has 336 valence electrons. The summed E-state index contributed by atoms with van der Waals surface area (Å²) < 4.78 is 0. The van der Waals surface area contributed by atoms with E-state index in [2.05, 4.69) is 36.3 Å². The molecule has 1 aromatic rings. The third-order valence-electron chi connectivity index (χ3n) is 16.0. The average molecular weight is 842 g/mol. The van der Waals surface area contributed by atoms with Gasteiger partial charge >= 0.3 is 17.9 Å². The van der Waals surface area contributed by atoms with Crippen molar-refractivity contribution in [2.45, 2.75) is 109 Å². The van der Waals surface area contributed by atoms with Crippen LogP contribution < -0.4 is 10.6 Å². The summed E-state index contributed by atoms with van der Waals surface area (Å²) in [4.78, 5) is 53.6. The molecule has 0 aromatic heterocycles. The number of carbonyl (C=O) groups excluding carboxylic acids is 1. The van der Waals surface area contributed by atoms with Crippen molar-refractivity contribution in [2.75, 3.05) is 70.8 Å². The highest BCUT2D eigenvalue weighted by Gasteiger charge is 2.65. The van der Waals surface area contributed by atoms with E-state index in [1.165, 1.54) is 0 Å². The number of nitrogens with one attached hydrogen (secondary N) is 2. The Hall–Kier alpha value is -3.18. The first-order chi connectivity index (χ1) is 28.5. The van der Waals surface area contributed by atoms with Crippen molar-refractivity contribution < 1.29 is 49.8 Å². The van der Waals surface area contributed by atoms with E-state index in [0.29, 0.717) is 77.2 Å². The van der Waals surface area contributed by atoms with Crippen molar-refractivity contribution in [3.63, 3.8) is 0 Å². The molecular formula is C45H71N5O10. The van der Waals surface area contributed by atoms with Gasteiger partial charge in [-0.3, -0.25) is 33.9 Å². The highest BCUT2D eigenvalue weighted by molar-refractivity contribution is 5.90. The van der Waals surface area contributed by atoms with Gasteiger partial charge in [0.2, 0.25) is 5.91 Å². The van der Waals surface area contributed by atoms with E-state index < -0.39 is 30.1 Å². The van der Waals surface area contributed by atoms with Gasteiger partial charge in [0.1, 0.15) is 0 Å². The first kappa shape index (κ1) is 46.3. The number of benzene rings is 1. The first-order valence-corrected chi connectivity index (χ1v) is 22.4. The van der Waals surface area contributed by atoms with Crippen LogP contribution in [0.2, 0.25) is 0 Å². The molecule has 1 heterocycles. The lowest BCUT2D eigenvalue weighted by atomic mass is 9.43. The Morgan fingerprint density at radius 3 is 2.00 bits per heavy atom. The minimum Gasteiger partial charge on any atom is -0.480 e. The van der Waals surface area contributed by atoms with Crippen molar-refractivity contribution in [3.05, 3.63) is 29.8 Å². The number of fused-ring (bicyclic) bond motifs is 5. The molecule has 1 aromatic carbocycles. The van der Waals surface area contributed by atoms with Crippen molar-refractivity contribution in [3.8, 4) is 0 Å². The molecule has 5 aliphatic rings. The molecule has 12 atom stereocenters. The molecule has 0 bridgehead atoms. The number of nitrogens with zero attached hydrogens (tertiary/aromatic N) is 3. The van der Waals surface area contributed by atoms with Gasteiger partial charge in [0.05, 0.1) is 37.9 Å². The Morgan fingerprint density at radius 1 is 0.783 bits per heavy atom. The average Bonchev–Trinajstić information content (AvgIpc) is 3.58. The summed E-state index contributed by atoms with van der Waals surface area (Å²) in [6, 6.07) is 7.28. The van der Waals surface area contributed by atoms with Gasteiger partial charge in [-0.1, -0.05) is 32.9 Å². The van der Waals surface area contributed by atoms with Gasteiger partial charge in [-0.25, -0.2) is 0 Å². The van der Waals surface area contributed by atoms with E-state index in [9.17, 15) is 49.8 Å².